The van der Waals surface area contributed by atoms with Crippen molar-refractivity contribution in [2.45, 2.75) is 26.4 Å². The molecule has 0 saturated carbocycles. The summed E-state index contributed by atoms with van der Waals surface area (Å²) in [4.78, 5) is 23.7. The van der Waals surface area contributed by atoms with Gasteiger partial charge in [0, 0.05) is 11.6 Å². The fraction of sp³-hybridized carbons (Fsp3) is 0.429. The number of carbonyl (C=O) groups excluding carboxylic acids is 2. The summed E-state index contributed by atoms with van der Waals surface area (Å²) in [6, 6.07) is 4.62. The Labute approximate surface area is 123 Å². The molecule has 1 aromatic carbocycles. The average Bonchev–Trinajstić information content (AvgIpc) is 2.44. The number of hydrogen-bond acceptors (Lipinski definition) is 4. The van der Waals surface area contributed by atoms with Crippen molar-refractivity contribution in [2.24, 2.45) is 0 Å². The molecule has 0 spiro atoms. The molecule has 0 aliphatic rings. The Balaban J connectivity index is 2.75. The molecule has 110 valence electrons. The molecule has 0 heterocycles. The van der Waals surface area contributed by atoms with Crippen molar-refractivity contribution in [1.82, 2.24) is 5.32 Å². The fourth-order valence-corrected chi connectivity index (χ4v) is 1.68. The highest BCUT2D eigenvalue weighted by Gasteiger charge is 2.21. The Morgan fingerprint density at radius 3 is 2.70 bits per heavy atom. The highest BCUT2D eigenvalue weighted by atomic mass is 35.5. The van der Waals surface area contributed by atoms with Crippen LogP contribution in [-0.2, 0) is 9.53 Å². The Bertz CT molecular complexity index is 490. The monoisotopic (exact) mass is 299 g/mol. The molecule has 5 nitrogen and oxygen atoms in total. The van der Waals surface area contributed by atoms with Crippen molar-refractivity contribution in [3.63, 3.8) is 0 Å². The second kappa shape index (κ2) is 7.75. The highest BCUT2D eigenvalue weighted by Crippen LogP contribution is 2.23. The SMILES string of the molecule is CCCNC(=O)C(C)OC(=O)c1cc(Cl)ccc1OC. The van der Waals surface area contributed by atoms with Gasteiger partial charge in [0.25, 0.3) is 5.91 Å². The van der Waals surface area contributed by atoms with Crippen molar-refractivity contribution in [2.75, 3.05) is 13.7 Å². The molecule has 1 amide bonds. The van der Waals surface area contributed by atoms with Crippen molar-refractivity contribution < 1.29 is 19.1 Å². The molecule has 1 N–H and O–H groups in total. The number of carbonyl (C=O) groups is 2. The molecular formula is C14H18ClNO4. The van der Waals surface area contributed by atoms with E-state index in [0.717, 1.165) is 6.42 Å². The summed E-state index contributed by atoms with van der Waals surface area (Å²) in [7, 11) is 1.44. The van der Waals surface area contributed by atoms with Gasteiger partial charge in [-0.05, 0) is 31.5 Å². The maximum absolute atomic E-state index is 12.0. The Hall–Kier alpha value is -1.75. The third kappa shape index (κ3) is 4.42. The molecule has 0 aliphatic carbocycles. The maximum Gasteiger partial charge on any atom is 0.342 e. The van der Waals surface area contributed by atoms with Crippen LogP contribution in [0.1, 0.15) is 30.6 Å². The second-order valence-corrected chi connectivity index (χ2v) is 4.62. The summed E-state index contributed by atoms with van der Waals surface area (Å²) in [5, 5.41) is 3.05. The smallest absolute Gasteiger partial charge is 0.342 e. The fourth-order valence-electron chi connectivity index (χ4n) is 1.51. The lowest BCUT2D eigenvalue weighted by Crippen LogP contribution is -2.36. The number of nitrogens with one attached hydrogen (secondary N) is 1. The normalized spacial score (nSPS) is 11.6. The number of halogens is 1. The summed E-state index contributed by atoms with van der Waals surface area (Å²) < 4.78 is 10.2. The first-order valence-electron chi connectivity index (χ1n) is 6.31. The van der Waals surface area contributed by atoms with E-state index in [-0.39, 0.29) is 11.5 Å². The lowest BCUT2D eigenvalue weighted by atomic mass is 10.2. The van der Waals surface area contributed by atoms with E-state index in [2.05, 4.69) is 5.32 Å². The molecule has 0 saturated heterocycles. The number of methoxy groups -OCH3 is 1. The van der Waals surface area contributed by atoms with Crippen molar-refractivity contribution >= 4 is 23.5 Å². The molecule has 6 heteroatoms. The van der Waals surface area contributed by atoms with Crippen LogP contribution in [0.4, 0.5) is 0 Å². The van der Waals surface area contributed by atoms with Crippen LogP contribution in [-0.4, -0.2) is 31.6 Å². The summed E-state index contributed by atoms with van der Waals surface area (Å²) in [5.41, 5.74) is 0.190. The molecule has 0 aromatic heterocycles. The van der Waals surface area contributed by atoms with Crippen LogP contribution in [0, 0.1) is 0 Å². The maximum atomic E-state index is 12.0. The number of hydrogen-bond donors (Lipinski definition) is 1. The molecule has 0 bridgehead atoms. The van der Waals surface area contributed by atoms with Crippen LogP contribution in [0.3, 0.4) is 0 Å². The molecule has 0 aliphatic heterocycles. The van der Waals surface area contributed by atoms with Gasteiger partial charge in [-0.3, -0.25) is 4.79 Å². The lowest BCUT2D eigenvalue weighted by Gasteiger charge is -2.14. The van der Waals surface area contributed by atoms with Gasteiger partial charge < -0.3 is 14.8 Å². The van der Waals surface area contributed by atoms with Crippen LogP contribution < -0.4 is 10.1 Å². The number of esters is 1. The number of benzene rings is 1. The van der Waals surface area contributed by atoms with Crippen molar-refractivity contribution in [1.29, 1.82) is 0 Å². The van der Waals surface area contributed by atoms with Crippen molar-refractivity contribution in [3.8, 4) is 5.75 Å². The zero-order valence-electron chi connectivity index (χ0n) is 11.7. The first-order chi connectivity index (χ1) is 9.49. The van der Waals surface area contributed by atoms with Gasteiger partial charge in [0.15, 0.2) is 6.10 Å². The summed E-state index contributed by atoms with van der Waals surface area (Å²) in [6.07, 6.45) is -0.0631. The molecule has 1 atom stereocenters. The molecule has 1 rings (SSSR count). The van der Waals surface area contributed by atoms with Gasteiger partial charge in [-0.15, -0.1) is 0 Å². The number of rotatable bonds is 6. The number of amides is 1. The Kier molecular flexibility index (Phi) is 6.31. The van der Waals surface area contributed by atoms with Gasteiger partial charge in [0.2, 0.25) is 0 Å². The Morgan fingerprint density at radius 1 is 1.40 bits per heavy atom. The van der Waals surface area contributed by atoms with E-state index < -0.39 is 12.1 Å². The molecule has 1 unspecified atom stereocenters. The predicted molar refractivity (Wildman–Crippen MR) is 76.2 cm³/mol. The highest BCUT2D eigenvalue weighted by molar-refractivity contribution is 6.31. The van der Waals surface area contributed by atoms with E-state index in [1.165, 1.54) is 20.1 Å². The van der Waals surface area contributed by atoms with E-state index >= 15 is 0 Å². The van der Waals surface area contributed by atoms with Gasteiger partial charge >= 0.3 is 5.97 Å². The second-order valence-electron chi connectivity index (χ2n) is 4.18. The first kappa shape index (κ1) is 16.3. The van der Waals surface area contributed by atoms with Gasteiger partial charge in [-0.25, -0.2) is 4.79 Å². The van der Waals surface area contributed by atoms with E-state index in [1.807, 2.05) is 6.92 Å². The topological polar surface area (TPSA) is 64.6 Å². The van der Waals surface area contributed by atoms with Crippen LogP contribution in [0.5, 0.6) is 5.75 Å². The molecular weight excluding hydrogens is 282 g/mol. The zero-order valence-corrected chi connectivity index (χ0v) is 12.5. The molecule has 0 fully saturated rings. The zero-order chi connectivity index (χ0) is 15.1. The van der Waals surface area contributed by atoms with Crippen LogP contribution in [0.15, 0.2) is 18.2 Å². The molecule has 0 radical (unpaired) electrons. The summed E-state index contributed by atoms with van der Waals surface area (Å²) in [6.45, 7) is 3.99. The third-order valence-electron chi connectivity index (χ3n) is 2.58. The number of ether oxygens (including phenoxy) is 2. The minimum Gasteiger partial charge on any atom is -0.496 e. The Morgan fingerprint density at radius 2 is 2.10 bits per heavy atom. The largest absolute Gasteiger partial charge is 0.496 e. The van der Waals surface area contributed by atoms with Gasteiger partial charge in [-0.2, -0.15) is 0 Å². The van der Waals surface area contributed by atoms with Crippen LogP contribution in [0.25, 0.3) is 0 Å². The van der Waals surface area contributed by atoms with Crippen LogP contribution in [0.2, 0.25) is 5.02 Å². The van der Waals surface area contributed by atoms with Gasteiger partial charge in [0.05, 0.1) is 7.11 Å². The minimum absolute atomic E-state index is 0.190. The molecule has 20 heavy (non-hydrogen) atoms. The first-order valence-corrected chi connectivity index (χ1v) is 6.69. The quantitative estimate of drug-likeness (QED) is 0.819. The van der Waals surface area contributed by atoms with E-state index in [4.69, 9.17) is 21.1 Å². The van der Waals surface area contributed by atoms with Crippen molar-refractivity contribution in [3.05, 3.63) is 28.8 Å². The average molecular weight is 300 g/mol. The van der Waals surface area contributed by atoms with E-state index in [0.29, 0.717) is 17.3 Å². The summed E-state index contributed by atoms with van der Waals surface area (Å²) >= 11 is 5.84. The van der Waals surface area contributed by atoms with Gasteiger partial charge in [-0.1, -0.05) is 18.5 Å². The van der Waals surface area contributed by atoms with Gasteiger partial charge in [0.1, 0.15) is 11.3 Å². The van der Waals surface area contributed by atoms with E-state index in [1.54, 1.807) is 12.1 Å². The molecule has 1 aromatic rings. The third-order valence-corrected chi connectivity index (χ3v) is 2.82. The lowest BCUT2D eigenvalue weighted by molar-refractivity contribution is -0.129. The standard InChI is InChI=1S/C14H18ClNO4/c1-4-7-16-13(17)9(2)20-14(18)11-8-10(15)5-6-12(11)19-3/h5-6,8-9H,4,7H2,1-3H3,(H,16,17). The van der Waals surface area contributed by atoms with Crippen LogP contribution >= 0.6 is 11.6 Å². The minimum atomic E-state index is -0.877. The summed E-state index contributed by atoms with van der Waals surface area (Å²) in [5.74, 6) is -0.634. The van der Waals surface area contributed by atoms with E-state index in [9.17, 15) is 9.59 Å². The predicted octanol–water partition coefficient (Wildman–Crippen LogP) is 2.42.